The van der Waals surface area contributed by atoms with Crippen LogP contribution in [-0.4, -0.2) is 32.8 Å². The zero-order valence-corrected chi connectivity index (χ0v) is 19.9. The molecule has 168 valence electrons. The van der Waals surface area contributed by atoms with E-state index in [1.54, 1.807) is 0 Å². The lowest BCUT2D eigenvalue weighted by molar-refractivity contribution is 0.282. The van der Waals surface area contributed by atoms with Gasteiger partial charge in [0.05, 0.1) is 17.1 Å². The van der Waals surface area contributed by atoms with Crippen molar-refractivity contribution in [2.45, 2.75) is 39.8 Å². The van der Waals surface area contributed by atoms with Crippen LogP contribution in [0.5, 0.6) is 11.5 Å². The molecule has 0 fully saturated rings. The molecule has 5 nitrogen and oxygen atoms in total. The molecule has 0 radical (unpaired) electrons. The number of fused-ring (bicyclic) bond motifs is 1. The minimum Gasteiger partial charge on any atom is -0.457 e. The number of hydrogen-bond acceptors (Lipinski definition) is 4. The summed E-state index contributed by atoms with van der Waals surface area (Å²) in [5, 5.41) is 4.67. The van der Waals surface area contributed by atoms with Gasteiger partial charge in [-0.3, -0.25) is 0 Å². The number of ether oxygens (including phenoxy) is 1. The van der Waals surface area contributed by atoms with Crippen LogP contribution in [0, 0.1) is 13.8 Å². The van der Waals surface area contributed by atoms with Crippen LogP contribution < -0.4 is 4.74 Å². The molecule has 5 rings (SSSR count). The van der Waals surface area contributed by atoms with Crippen molar-refractivity contribution in [3.63, 3.8) is 0 Å². The van der Waals surface area contributed by atoms with Gasteiger partial charge in [-0.05, 0) is 67.8 Å². The van der Waals surface area contributed by atoms with Gasteiger partial charge in [0.25, 0.3) is 0 Å². The van der Waals surface area contributed by atoms with E-state index in [4.69, 9.17) is 4.74 Å². The zero-order valence-electron chi connectivity index (χ0n) is 19.9. The van der Waals surface area contributed by atoms with Gasteiger partial charge in [0.1, 0.15) is 17.7 Å². The molecule has 2 aliphatic heterocycles. The average molecular weight is 439 g/mol. The highest BCUT2D eigenvalue weighted by molar-refractivity contribution is 5.69. The van der Waals surface area contributed by atoms with Crippen LogP contribution in [0.25, 0.3) is 11.4 Å². The van der Waals surface area contributed by atoms with Crippen molar-refractivity contribution in [3.05, 3.63) is 102 Å². The van der Waals surface area contributed by atoms with Crippen molar-refractivity contribution < 1.29 is 4.74 Å². The van der Waals surface area contributed by atoms with Gasteiger partial charge in [0.15, 0.2) is 0 Å². The Balaban J connectivity index is 1.48. The molecule has 1 aromatic heterocycles. The van der Waals surface area contributed by atoms with Crippen molar-refractivity contribution in [2.24, 2.45) is 0 Å². The molecule has 33 heavy (non-hydrogen) atoms. The fourth-order valence-corrected chi connectivity index (χ4v) is 4.47. The molecule has 3 heterocycles. The van der Waals surface area contributed by atoms with Crippen molar-refractivity contribution in [1.82, 2.24) is 19.6 Å². The van der Waals surface area contributed by atoms with Gasteiger partial charge in [-0.15, -0.1) is 0 Å². The second-order valence-corrected chi connectivity index (χ2v) is 9.11. The summed E-state index contributed by atoms with van der Waals surface area (Å²) in [5.41, 5.74) is 6.64. The standard InChI is InChI=1S/C28H30N4O/c1-19(2)23-14-24(32-21(4)13-20(3)29-32)17-26(16-23)33-25-10-8-9-22(15-25)27-18-30(5)28-11-6-7-12-31(27)28/h6-19,28H,1-5H3. The van der Waals surface area contributed by atoms with E-state index in [1.807, 2.05) is 17.7 Å². The maximum absolute atomic E-state index is 6.41. The molecular formula is C28H30N4O. The SMILES string of the molecule is Cc1cc(C)n(-c2cc(Oc3cccc(C4=CN(C)C5C=CC=CN45)c3)cc(C(C)C)c2)n1. The highest BCUT2D eigenvalue weighted by Crippen LogP contribution is 2.35. The van der Waals surface area contributed by atoms with E-state index < -0.39 is 0 Å². The highest BCUT2D eigenvalue weighted by Gasteiger charge is 2.28. The first-order valence-corrected chi connectivity index (χ1v) is 11.4. The summed E-state index contributed by atoms with van der Waals surface area (Å²) in [5.74, 6) is 2.01. The van der Waals surface area contributed by atoms with Crippen LogP contribution >= 0.6 is 0 Å². The average Bonchev–Trinajstić information content (AvgIpc) is 3.32. The van der Waals surface area contributed by atoms with Crippen LogP contribution in [0.3, 0.4) is 0 Å². The van der Waals surface area contributed by atoms with Crippen LogP contribution in [0.4, 0.5) is 0 Å². The monoisotopic (exact) mass is 438 g/mol. The maximum Gasteiger partial charge on any atom is 0.129 e. The Kier molecular flexibility index (Phi) is 5.33. The summed E-state index contributed by atoms with van der Waals surface area (Å²) < 4.78 is 8.39. The Labute approximate surface area is 195 Å². The molecule has 2 aromatic carbocycles. The second-order valence-electron chi connectivity index (χ2n) is 9.11. The van der Waals surface area contributed by atoms with E-state index in [9.17, 15) is 0 Å². The molecule has 0 saturated carbocycles. The van der Waals surface area contributed by atoms with Gasteiger partial charge in [-0.1, -0.05) is 32.1 Å². The van der Waals surface area contributed by atoms with E-state index >= 15 is 0 Å². The first kappa shape index (κ1) is 21.1. The summed E-state index contributed by atoms with van der Waals surface area (Å²) in [7, 11) is 2.10. The van der Waals surface area contributed by atoms with Crippen LogP contribution in [-0.2, 0) is 0 Å². The van der Waals surface area contributed by atoms with Gasteiger partial charge in [-0.2, -0.15) is 5.10 Å². The van der Waals surface area contributed by atoms with Gasteiger partial charge < -0.3 is 14.5 Å². The number of allylic oxidation sites excluding steroid dienone is 2. The van der Waals surface area contributed by atoms with E-state index in [-0.39, 0.29) is 6.17 Å². The largest absolute Gasteiger partial charge is 0.457 e. The lowest BCUT2D eigenvalue weighted by Crippen LogP contribution is -2.33. The summed E-state index contributed by atoms with van der Waals surface area (Å²) >= 11 is 0. The number of likely N-dealkylation sites (N-methyl/N-ethyl adjacent to an activating group) is 1. The fraction of sp³-hybridized carbons (Fsp3) is 0.250. The Morgan fingerprint density at radius 2 is 1.82 bits per heavy atom. The number of rotatable bonds is 5. The van der Waals surface area contributed by atoms with Gasteiger partial charge >= 0.3 is 0 Å². The number of aromatic nitrogens is 2. The predicted octanol–water partition coefficient (Wildman–Crippen LogP) is 6.36. The Morgan fingerprint density at radius 1 is 0.970 bits per heavy atom. The summed E-state index contributed by atoms with van der Waals surface area (Å²) in [4.78, 5) is 4.50. The third-order valence-electron chi connectivity index (χ3n) is 6.15. The fourth-order valence-electron chi connectivity index (χ4n) is 4.47. The van der Waals surface area contributed by atoms with Crippen molar-refractivity contribution in [3.8, 4) is 17.2 Å². The zero-order chi connectivity index (χ0) is 23.1. The molecule has 2 aliphatic rings. The first-order valence-electron chi connectivity index (χ1n) is 11.4. The van der Waals surface area contributed by atoms with Gasteiger partial charge in [-0.25, -0.2) is 4.68 Å². The first-order chi connectivity index (χ1) is 15.9. The minimum absolute atomic E-state index is 0.223. The van der Waals surface area contributed by atoms with E-state index in [2.05, 4.69) is 116 Å². The Morgan fingerprint density at radius 3 is 2.58 bits per heavy atom. The second kappa shape index (κ2) is 8.32. The number of hydrogen-bond donors (Lipinski definition) is 0. The van der Waals surface area contributed by atoms with Crippen LogP contribution in [0.2, 0.25) is 0 Å². The van der Waals surface area contributed by atoms with Crippen molar-refractivity contribution in [2.75, 3.05) is 7.05 Å². The predicted molar refractivity (Wildman–Crippen MR) is 133 cm³/mol. The Hall–Kier alpha value is -3.73. The van der Waals surface area contributed by atoms with Crippen molar-refractivity contribution in [1.29, 1.82) is 0 Å². The lowest BCUT2D eigenvalue weighted by atomic mass is 10.0. The van der Waals surface area contributed by atoms with Gasteiger partial charge in [0.2, 0.25) is 0 Å². The maximum atomic E-state index is 6.41. The molecule has 0 bridgehead atoms. The molecule has 0 amide bonds. The van der Waals surface area contributed by atoms with E-state index in [0.717, 1.165) is 39.8 Å². The lowest BCUT2D eigenvalue weighted by Gasteiger charge is -2.29. The molecular weight excluding hydrogens is 408 g/mol. The van der Waals surface area contributed by atoms with Crippen LogP contribution in [0.15, 0.2) is 79.2 Å². The molecule has 0 aliphatic carbocycles. The van der Waals surface area contributed by atoms with E-state index in [1.165, 1.54) is 5.56 Å². The third kappa shape index (κ3) is 4.07. The Bertz CT molecular complexity index is 1280. The van der Waals surface area contributed by atoms with Gasteiger partial charge in [0, 0.05) is 36.8 Å². The molecule has 1 unspecified atom stereocenters. The van der Waals surface area contributed by atoms with Crippen molar-refractivity contribution >= 4 is 5.70 Å². The number of benzene rings is 2. The summed E-state index contributed by atoms with van der Waals surface area (Å²) in [6.07, 6.45) is 10.9. The third-order valence-corrected chi connectivity index (χ3v) is 6.15. The molecule has 1 atom stereocenters. The molecule has 0 N–H and O–H groups in total. The van der Waals surface area contributed by atoms with Crippen LogP contribution in [0.1, 0.15) is 42.3 Å². The molecule has 3 aromatic rings. The number of aryl methyl sites for hydroxylation is 2. The quantitative estimate of drug-likeness (QED) is 0.464. The normalized spacial score (nSPS) is 17.0. The molecule has 0 saturated heterocycles. The molecule has 0 spiro atoms. The smallest absolute Gasteiger partial charge is 0.129 e. The topological polar surface area (TPSA) is 33.5 Å². The number of nitrogens with zero attached hydrogens (tertiary/aromatic N) is 4. The minimum atomic E-state index is 0.223. The van der Waals surface area contributed by atoms with E-state index in [0.29, 0.717) is 5.92 Å². The molecule has 5 heteroatoms. The summed E-state index contributed by atoms with van der Waals surface area (Å²) in [6, 6.07) is 16.8. The summed E-state index contributed by atoms with van der Waals surface area (Å²) in [6.45, 7) is 8.50. The highest BCUT2D eigenvalue weighted by atomic mass is 16.5.